The van der Waals surface area contributed by atoms with Crippen LogP contribution in [-0.4, -0.2) is 56.4 Å². The third-order valence-corrected chi connectivity index (χ3v) is 5.20. The van der Waals surface area contributed by atoms with Gasteiger partial charge < -0.3 is 19.7 Å². The summed E-state index contributed by atoms with van der Waals surface area (Å²) in [4.78, 5) is 28.8. The highest BCUT2D eigenvalue weighted by Crippen LogP contribution is 2.34. The first-order valence-electron chi connectivity index (χ1n) is 10.1. The predicted octanol–water partition coefficient (Wildman–Crippen LogP) is 2.15. The van der Waals surface area contributed by atoms with Crippen molar-refractivity contribution < 1.29 is 19.1 Å². The van der Waals surface area contributed by atoms with E-state index < -0.39 is 6.03 Å². The molecule has 2 aromatic carbocycles. The molecule has 0 saturated carbocycles. The Bertz CT molecular complexity index is 1000. The highest BCUT2D eigenvalue weighted by molar-refractivity contribution is 6.01. The molecule has 0 radical (unpaired) electrons. The number of ether oxygens (including phenoxy) is 2. The molecule has 3 amide bonds. The molecule has 4 rings (SSSR count). The van der Waals surface area contributed by atoms with Crippen LogP contribution in [0, 0.1) is 11.3 Å². The maximum absolute atomic E-state index is 12.3. The van der Waals surface area contributed by atoms with Crippen LogP contribution >= 0.6 is 0 Å². The van der Waals surface area contributed by atoms with Crippen LogP contribution in [0.1, 0.15) is 12.0 Å². The normalized spacial score (nSPS) is 15.6. The standard InChI is InChI=1S/C22H23N5O4/c23-13-16-2-5-18(6-3-16)27-9-1-8-26(10-11-27)14-21(28)25-22(29)24-17-4-7-19-20(12-17)31-15-30-19/h2-7,12H,1,8-11,14-15H2,(H2,24,25,28,29). The minimum absolute atomic E-state index is 0.149. The molecule has 9 nitrogen and oxygen atoms in total. The van der Waals surface area contributed by atoms with E-state index in [0.29, 0.717) is 29.3 Å². The van der Waals surface area contributed by atoms with Gasteiger partial charge in [-0.3, -0.25) is 15.0 Å². The number of hydrogen-bond donors (Lipinski definition) is 2. The summed E-state index contributed by atoms with van der Waals surface area (Å²) < 4.78 is 10.5. The monoisotopic (exact) mass is 421 g/mol. The summed E-state index contributed by atoms with van der Waals surface area (Å²) in [5, 5.41) is 13.9. The fourth-order valence-corrected chi connectivity index (χ4v) is 3.64. The van der Waals surface area contributed by atoms with Gasteiger partial charge in [-0.2, -0.15) is 5.26 Å². The minimum Gasteiger partial charge on any atom is -0.454 e. The number of nitriles is 1. The van der Waals surface area contributed by atoms with Crippen molar-refractivity contribution in [3.63, 3.8) is 0 Å². The van der Waals surface area contributed by atoms with Crippen LogP contribution < -0.4 is 25.0 Å². The number of urea groups is 1. The molecule has 160 valence electrons. The number of benzene rings is 2. The van der Waals surface area contributed by atoms with Gasteiger partial charge in [0.1, 0.15) is 0 Å². The predicted molar refractivity (Wildman–Crippen MR) is 114 cm³/mol. The SMILES string of the molecule is N#Cc1ccc(N2CCCN(CC(=O)NC(=O)Nc3ccc4c(c3)OCO4)CC2)cc1. The molecule has 0 atom stereocenters. The Balaban J connectivity index is 1.24. The lowest BCUT2D eigenvalue weighted by atomic mass is 10.2. The molecular weight excluding hydrogens is 398 g/mol. The molecule has 2 aliphatic heterocycles. The Labute approximate surface area is 180 Å². The zero-order chi connectivity index (χ0) is 21.6. The number of fused-ring (bicyclic) bond motifs is 1. The van der Waals surface area contributed by atoms with E-state index in [4.69, 9.17) is 14.7 Å². The Hall–Kier alpha value is -3.77. The van der Waals surface area contributed by atoms with Crippen LogP contribution in [0.5, 0.6) is 11.5 Å². The van der Waals surface area contributed by atoms with Crippen LogP contribution in [0.15, 0.2) is 42.5 Å². The first-order chi connectivity index (χ1) is 15.1. The van der Waals surface area contributed by atoms with Crippen molar-refractivity contribution in [2.45, 2.75) is 6.42 Å². The van der Waals surface area contributed by atoms with Gasteiger partial charge >= 0.3 is 6.03 Å². The van der Waals surface area contributed by atoms with Gasteiger partial charge in [-0.05, 0) is 42.8 Å². The summed E-state index contributed by atoms with van der Waals surface area (Å²) in [7, 11) is 0. The molecular formula is C22H23N5O4. The molecule has 2 aromatic rings. The van der Waals surface area contributed by atoms with E-state index in [1.807, 2.05) is 29.2 Å². The Morgan fingerprint density at radius 3 is 2.61 bits per heavy atom. The Morgan fingerprint density at radius 2 is 1.81 bits per heavy atom. The van der Waals surface area contributed by atoms with Gasteiger partial charge in [0.25, 0.3) is 0 Å². The highest BCUT2D eigenvalue weighted by atomic mass is 16.7. The van der Waals surface area contributed by atoms with Crippen molar-refractivity contribution in [3.8, 4) is 17.6 Å². The van der Waals surface area contributed by atoms with E-state index in [0.717, 1.165) is 31.7 Å². The van der Waals surface area contributed by atoms with Gasteiger partial charge in [-0.1, -0.05) is 0 Å². The van der Waals surface area contributed by atoms with Crippen LogP contribution in [0.3, 0.4) is 0 Å². The second-order valence-corrected chi connectivity index (χ2v) is 7.35. The van der Waals surface area contributed by atoms with Crippen molar-refractivity contribution in [2.75, 3.05) is 49.7 Å². The maximum atomic E-state index is 12.3. The number of nitrogens with zero attached hydrogens (tertiary/aromatic N) is 3. The molecule has 0 unspecified atom stereocenters. The van der Waals surface area contributed by atoms with Crippen molar-refractivity contribution in [1.82, 2.24) is 10.2 Å². The largest absolute Gasteiger partial charge is 0.454 e. The number of amides is 3. The molecule has 9 heteroatoms. The molecule has 1 fully saturated rings. The van der Waals surface area contributed by atoms with Gasteiger partial charge in [0.05, 0.1) is 18.2 Å². The second kappa shape index (κ2) is 9.36. The van der Waals surface area contributed by atoms with Crippen LogP contribution in [0.25, 0.3) is 0 Å². The molecule has 0 aliphatic carbocycles. The number of imide groups is 1. The van der Waals surface area contributed by atoms with Crippen LogP contribution in [-0.2, 0) is 4.79 Å². The summed E-state index contributed by atoms with van der Waals surface area (Å²) in [6.45, 7) is 3.41. The lowest BCUT2D eigenvalue weighted by molar-refractivity contribution is -0.121. The zero-order valence-electron chi connectivity index (χ0n) is 17.0. The molecule has 0 spiro atoms. The average molecular weight is 421 g/mol. The molecule has 1 saturated heterocycles. The maximum Gasteiger partial charge on any atom is 0.325 e. The second-order valence-electron chi connectivity index (χ2n) is 7.35. The van der Waals surface area contributed by atoms with Gasteiger partial charge in [0, 0.05) is 43.6 Å². The van der Waals surface area contributed by atoms with Gasteiger partial charge in [0.2, 0.25) is 12.7 Å². The lowest BCUT2D eigenvalue weighted by Gasteiger charge is -2.23. The molecule has 2 aliphatic rings. The summed E-state index contributed by atoms with van der Waals surface area (Å²) in [5.41, 5.74) is 2.21. The summed E-state index contributed by atoms with van der Waals surface area (Å²) >= 11 is 0. The molecule has 2 heterocycles. The average Bonchev–Trinajstić information content (AvgIpc) is 3.11. The number of nitrogens with one attached hydrogen (secondary N) is 2. The number of hydrogen-bond acceptors (Lipinski definition) is 7. The summed E-state index contributed by atoms with van der Waals surface area (Å²) in [6, 6.07) is 14.1. The molecule has 31 heavy (non-hydrogen) atoms. The fourth-order valence-electron chi connectivity index (χ4n) is 3.64. The van der Waals surface area contributed by atoms with Crippen LogP contribution in [0.4, 0.5) is 16.2 Å². The van der Waals surface area contributed by atoms with E-state index in [1.165, 1.54) is 0 Å². The van der Waals surface area contributed by atoms with Crippen molar-refractivity contribution >= 4 is 23.3 Å². The Morgan fingerprint density at radius 1 is 1.00 bits per heavy atom. The molecule has 0 aromatic heterocycles. The van der Waals surface area contributed by atoms with E-state index in [-0.39, 0.29) is 19.2 Å². The smallest absolute Gasteiger partial charge is 0.325 e. The zero-order valence-corrected chi connectivity index (χ0v) is 17.0. The van der Waals surface area contributed by atoms with E-state index in [9.17, 15) is 9.59 Å². The minimum atomic E-state index is -0.585. The van der Waals surface area contributed by atoms with E-state index in [1.54, 1.807) is 18.2 Å². The van der Waals surface area contributed by atoms with Gasteiger partial charge in [-0.15, -0.1) is 0 Å². The molecule has 2 N–H and O–H groups in total. The fraction of sp³-hybridized carbons (Fsp3) is 0.318. The number of carbonyl (C=O) groups is 2. The number of carbonyl (C=O) groups excluding carboxylic acids is 2. The van der Waals surface area contributed by atoms with E-state index >= 15 is 0 Å². The third kappa shape index (κ3) is 5.24. The number of anilines is 2. The topological polar surface area (TPSA) is 107 Å². The van der Waals surface area contributed by atoms with E-state index in [2.05, 4.69) is 21.6 Å². The number of rotatable bonds is 4. The van der Waals surface area contributed by atoms with Gasteiger partial charge in [-0.25, -0.2) is 4.79 Å². The molecule has 0 bridgehead atoms. The lowest BCUT2D eigenvalue weighted by Crippen LogP contribution is -2.43. The van der Waals surface area contributed by atoms with Crippen LogP contribution in [0.2, 0.25) is 0 Å². The van der Waals surface area contributed by atoms with Crippen molar-refractivity contribution in [1.29, 1.82) is 5.26 Å². The van der Waals surface area contributed by atoms with Gasteiger partial charge in [0.15, 0.2) is 11.5 Å². The third-order valence-electron chi connectivity index (χ3n) is 5.20. The first-order valence-corrected chi connectivity index (χ1v) is 10.1. The van der Waals surface area contributed by atoms with Crippen molar-refractivity contribution in [2.24, 2.45) is 0 Å². The highest BCUT2D eigenvalue weighted by Gasteiger charge is 2.19. The summed E-state index contributed by atoms with van der Waals surface area (Å²) in [6.07, 6.45) is 0.899. The van der Waals surface area contributed by atoms with Crippen molar-refractivity contribution in [3.05, 3.63) is 48.0 Å². The first kappa shape index (κ1) is 20.5. The summed E-state index contributed by atoms with van der Waals surface area (Å²) in [5.74, 6) is 0.823. The quantitative estimate of drug-likeness (QED) is 0.779. The Kier molecular flexibility index (Phi) is 6.19.